The van der Waals surface area contributed by atoms with E-state index in [1.165, 1.54) is 0 Å². The standard InChI is InChI=1S/C25H34O5/c1-13-19(28-7)9-8-17-20(13)18(26)12-23(6)16-10-11-24(17,23)30-25(14(16)2)21(27)15(3)22(4,5)29-25/h8-9,14-16,21,27H,10-12H2,1-7H3/t14-,15-,16+,21+,23+,24-,25-/m0/s1. The Labute approximate surface area is 179 Å². The molecule has 1 spiro atoms. The van der Waals surface area contributed by atoms with E-state index in [9.17, 15) is 9.90 Å². The van der Waals surface area contributed by atoms with Crippen molar-refractivity contribution >= 4 is 5.78 Å². The third-order valence-electron chi connectivity index (χ3n) is 9.40. The number of hydrogen-bond acceptors (Lipinski definition) is 5. The maximum Gasteiger partial charge on any atom is 0.199 e. The largest absolute Gasteiger partial charge is 0.496 e. The first-order valence-corrected chi connectivity index (χ1v) is 11.2. The van der Waals surface area contributed by atoms with Crippen LogP contribution in [0.5, 0.6) is 5.75 Å². The molecule has 1 saturated carbocycles. The van der Waals surface area contributed by atoms with E-state index in [0.717, 1.165) is 35.3 Å². The molecule has 0 radical (unpaired) electrons. The molecule has 5 rings (SSSR count). The first-order chi connectivity index (χ1) is 13.9. The predicted molar refractivity (Wildman–Crippen MR) is 113 cm³/mol. The minimum absolute atomic E-state index is 0.00829. The second-order valence-electron chi connectivity index (χ2n) is 10.9. The molecule has 5 heteroatoms. The number of aliphatic hydroxyl groups excluding tert-OH is 1. The van der Waals surface area contributed by atoms with Crippen molar-refractivity contribution in [3.8, 4) is 5.75 Å². The van der Waals surface area contributed by atoms with Crippen LogP contribution in [0.1, 0.15) is 75.4 Å². The number of rotatable bonds is 1. The molecular weight excluding hydrogens is 380 g/mol. The van der Waals surface area contributed by atoms with Gasteiger partial charge in [0.25, 0.3) is 0 Å². The average Bonchev–Trinajstić information content (AvgIpc) is 2.99. The Morgan fingerprint density at radius 2 is 1.83 bits per heavy atom. The molecule has 3 fully saturated rings. The third kappa shape index (κ3) is 2.07. The van der Waals surface area contributed by atoms with Gasteiger partial charge < -0.3 is 19.3 Å². The molecule has 2 bridgehead atoms. The highest BCUT2D eigenvalue weighted by molar-refractivity contribution is 6.02. The quantitative estimate of drug-likeness (QED) is 0.739. The molecule has 1 aromatic carbocycles. The number of ether oxygens (including phenoxy) is 3. The van der Waals surface area contributed by atoms with Crippen molar-refractivity contribution in [2.45, 2.75) is 83.9 Å². The normalized spacial score (nSPS) is 46.1. The van der Waals surface area contributed by atoms with Crippen LogP contribution in [0, 0.1) is 30.1 Å². The van der Waals surface area contributed by atoms with Gasteiger partial charge in [0.15, 0.2) is 11.6 Å². The fourth-order valence-corrected chi connectivity index (χ4v) is 7.42. The van der Waals surface area contributed by atoms with Crippen LogP contribution in [0.2, 0.25) is 0 Å². The molecular formula is C25H34O5. The lowest BCUT2D eigenvalue weighted by Gasteiger charge is -2.61. The first-order valence-electron chi connectivity index (χ1n) is 11.2. The van der Waals surface area contributed by atoms with Gasteiger partial charge >= 0.3 is 0 Å². The van der Waals surface area contributed by atoms with Crippen molar-refractivity contribution in [2.24, 2.45) is 23.2 Å². The zero-order valence-corrected chi connectivity index (χ0v) is 19.2. The van der Waals surface area contributed by atoms with Gasteiger partial charge in [0.2, 0.25) is 0 Å². The monoisotopic (exact) mass is 414 g/mol. The number of ketones is 1. The summed E-state index contributed by atoms with van der Waals surface area (Å²) < 4.78 is 19.2. The van der Waals surface area contributed by atoms with E-state index in [0.29, 0.717) is 6.42 Å². The summed E-state index contributed by atoms with van der Waals surface area (Å²) in [5.74, 6) is 0.00639. The molecule has 0 aromatic heterocycles. The summed E-state index contributed by atoms with van der Waals surface area (Å²) >= 11 is 0. The van der Waals surface area contributed by atoms with E-state index < -0.39 is 23.1 Å². The zero-order valence-electron chi connectivity index (χ0n) is 19.2. The van der Waals surface area contributed by atoms with Crippen molar-refractivity contribution < 1.29 is 24.1 Å². The number of carbonyl (C=O) groups excluding carboxylic acids is 1. The summed E-state index contributed by atoms with van der Waals surface area (Å²) in [6, 6.07) is 3.96. The van der Waals surface area contributed by atoms with Gasteiger partial charge in [0.05, 0.1) is 12.7 Å². The number of fused-ring (bicyclic) bond motifs is 1. The first kappa shape index (κ1) is 20.5. The van der Waals surface area contributed by atoms with Crippen molar-refractivity contribution in [2.75, 3.05) is 7.11 Å². The van der Waals surface area contributed by atoms with Crippen LogP contribution in [-0.4, -0.2) is 35.5 Å². The van der Waals surface area contributed by atoms with Crippen molar-refractivity contribution in [1.29, 1.82) is 0 Å². The highest BCUT2D eigenvalue weighted by Crippen LogP contribution is 2.72. The molecule has 2 aliphatic carbocycles. The summed E-state index contributed by atoms with van der Waals surface area (Å²) in [5.41, 5.74) is 1.10. The molecule has 30 heavy (non-hydrogen) atoms. The second kappa shape index (κ2) is 5.87. The number of Topliss-reactive ketones (excluding diaryl/α,β-unsaturated/α-hetero) is 1. The van der Waals surface area contributed by atoms with Gasteiger partial charge in [0.1, 0.15) is 17.5 Å². The lowest BCUT2D eigenvalue weighted by Crippen LogP contribution is -2.66. The Hall–Kier alpha value is -1.43. The lowest BCUT2D eigenvalue weighted by atomic mass is 9.54. The number of methoxy groups -OCH3 is 1. The van der Waals surface area contributed by atoms with E-state index in [1.54, 1.807) is 7.11 Å². The van der Waals surface area contributed by atoms with Crippen LogP contribution in [-0.2, 0) is 15.1 Å². The third-order valence-corrected chi connectivity index (χ3v) is 9.40. The molecule has 0 unspecified atom stereocenters. The van der Waals surface area contributed by atoms with E-state index in [1.807, 2.05) is 39.8 Å². The fourth-order valence-electron chi connectivity index (χ4n) is 7.42. The second-order valence-corrected chi connectivity index (χ2v) is 10.9. The smallest absolute Gasteiger partial charge is 0.199 e. The summed E-state index contributed by atoms with van der Waals surface area (Å²) in [5, 5.41) is 11.4. The van der Waals surface area contributed by atoms with E-state index in [4.69, 9.17) is 14.2 Å². The molecule has 2 heterocycles. The molecule has 1 N–H and O–H groups in total. The Bertz CT molecular complexity index is 938. The molecule has 4 aliphatic rings. The summed E-state index contributed by atoms with van der Waals surface area (Å²) in [4.78, 5) is 13.4. The van der Waals surface area contributed by atoms with Crippen LogP contribution >= 0.6 is 0 Å². The maximum absolute atomic E-state index is 13.4. The number of hydrogen-bond donors (Lipinski definition) is 1. The Morgan fingerprint density at radius 3 is 2.43 bits per heavy atom. The summed E-state index contributed by atoms with van der Waals surface area (Å²) in [7, 11) is 1.63. The fraction of sp³-hybridized carbons (Fsp3) is 0.720. The van der Waals surface area contributed by atoms with E-state index >= 15 is 0 Å². The molecule has 164 valence electrons. The highest BCUT2D eigenvalue weighted by Gasteiger charge is 2.76. The van der Waals surface area contributed by atoms with Crippen LogP contribution < -0.4 is 4.74 Å². The van der Waals surface area contributed by atoms with Crippen molar-refractivity contribution in [3.63, 3.8) is 0 Å². The highest BCUT2D eigenvalue weighted by atomic mass is 16.7. The van der Waals surface area contributed by atoms with Crippen LogP contribution in [0.15, 0.2) is 12.1 Å². The molecule has 5 nitrogen and oxygen atoms in total. The minimum Gasteiger partial charge on any atom is -0.496 e. The number of carbonyl (C=O) groups is 1. The predicted octanol–water partition coefficient (Wildman–Crippen LogP) is 4.37. The van der Waals surface area contributed by atoms with Gasteiger partial charge in [-0.2, -0.15) is 0 Å². The van der Waals surface area contributed by atoms with E-state index in [2.05, 4.69) is 13.8 Å². The number of aliphatic hydroxyl groups is 1. The Kier molecular flexibility index (Phi) is 4.01. The topological polar surface area (TPSA) is 65.0 Å². The van der Waals surface area contributed by atoms with Gasteiger partial charge in [-0.25, -0.2) is 0 Å². The van der Waals surface area contributed by atoms with Gasteiger partial charge in [0, 0.05) is 34.8 Å². The molecule has 1 aromatic rings. The van der Waals surface area contributed by atoms with Crippen molar-refractivity contribution in [1.82, 2.24) is 0 Å². The SMILES string of the molecule is COc1ccc2c(c1C)C(=O)C[C@]1(C)[C@@H]3CC[C@]21O[C@@]1(OC(C)(C)[C@@H](C)[C@H]1O)[C@H]3C. The molecule has 7 atom stereocenters. The average molecular weight is 415 g/mol. The Morgan fingerprint density at radius 1 is 1.13 bits per heavy atom. The van der Waals surface area contributed by atoms with Gasteiger partial charge in [-0.3, -0.25) is 4.79 Å². The Balaban J connectivity index is 1.74. The van der Waals surface area contributed by atoms with Gasteiger partial charge in [-0.1, -0.05) is 26.8 Å². The summed E-state index contributed by atoms with van der Waals surface area (Å²) in [6.07, 6.45) is 1.53. The van der Waals surface area contributed by atoms with Crippen LogP contribution in [0.4, 0.5) is 0 Å². The van der Waals surface area contributed by atoms with Gasteiger partial charge in [-0.05, 0) is 51.2 Å². The summed E-state index contributed by atoms with van der Waals surface area (Å²) in [6.45, 7) is 12.4. The van der Waals surface area contributed by atoms with Gasteiger partial charge in [-0.15, -0.1) is 0 Å². The molecule has 2 aliphatic heterocycles. The van der Waals surface area contributed by atoms with Crippen LogP contribution in [0.3, 0.4) is 0 Å². The van der Waals surface area contributed by atoms with E-state index in [-0.39, 0.29) is 29.0 Å². The molecule has 0 amide bonds. The number of benzene rings is 1. The van der Waals surface area contributed by atoms with Crippen molar-refractivity contribution in [3.05, 3.63) is 28.8 Å². The lowest BCUT2D eigenvalue weighted by molar-refractivity contribution is -0.389. The van der Waals surface area contributed by atoms with Crippen LogP contribution in [0.25, 0.3) is 0 Å². The molecule has 2 saturated heterocycles. The zero-order chi connectivity index (χ0) is 21.9. The maximum atomic E-state index is 13.4. The minimum atomic E-state index is -1.06.